The van der Waals surface area contributed by atoms with Gasteiger partial charge in [-0.05, 0) is 52.2 Å². The molecule has 6 heteroatoms. The van der Waals surface area contributed by atoms with Crippen molar-refractivity contribution in [3.63, 3.8) is 0 Å². The molecule has 1 saturated carbocycles. The third kappa shape index (κ3) is 6.08. The zero-order valence-corrected chi connectivity index (χ0v) is 16.7. The van der Waals surface area contributed by atoms with Crippen LogP contribution >= 0.6 is 0 Å². The molecule has 0 atom stereocenters. The van der Waals surface area contributed by atoms with Gasteiger partial charge in [0.2, 0.25) is 5.91 Å². The Bertz CT molecular complexity index is 700. The first-order valence-corrected chi connectivity index (χ1v) is 9.45. The summed E-state index contributed by atoms with van der Waals surface area (Å²) in [4.78, 5) is 37.2. The van der Waals surface area contributed by atoms with Crippen molar-refractivity contribution in [3.05, 3.63) is 29.8 Å². The SMILES string of the molecule is Cc1ccccc1NC(=O)COC(=O)C1(CC(=O)NC(C)(C)C)CCCC1. The minimum Gasteiger partial charge on any atom is -0.455 e. The van der Waals surface area contributed by atoms with Crippen molar-refractivity contribution in [3.8, 4) is 0 Å². The second-order valence-electron chi connectivity index (χ2n) is 8.40. The van der Waals surface area contributed by atoms with E-state index in [2.05, 4.69) is 10.6 Å². The van der Waals surface area contributed by atoms with E-state index in [0.29, 0.717) is 18.5 Å². The molecule has 0 bridgehead atoms. The van der Waals surface area contributed by atoms with Crippen molar-refractivity contribution in [1.29, 1.82) is 0 Å². The number of hydrogen-bond donors (Lipinski definition) is 2. The second kappa shape index (κ2) is 8.55. The fourth-order valence-corrected chi connectivity index (χ4v) is 3.46. The van der Waals surface area contributed by atoms with Crippen LogP contribution in [0, 0.1) is 12.3 Å². The molecular weight excluding hydrogens is 344 g/mol. The standard InChI is InChI=1S/C21H30N2O4/c1-15-9-5-6-10-16(15)22-18(25)14-27-19(26)21(11-7-8-12-21)13-17(24)23-20(2,3)4/h5-6,9-10H,7-8,11-14H2,1-4H3,(H,22,25)(H,23,24). The molecular formula is C21H30N2O4. The summed E-state index contributed by atoms with van der Waals surface area (Å²) in [6, 6.07) is 7.40. The Morgan fingerprint density at radius 1 is 1.07 bits per heavy atom. The molecule has 148 valence electrons. The molecule has 1 aromatic rings. The van der Waals surface area contributed by atoms with Gasteiger partial charge in [-0.1, -0.05) is 31.0 Å². The van der Waals surface area contributed by atoms with E-state index in [1.807, 2.05) is 45.9 Å². The van der Waals surface area contributed by atoms with Crippen molar-refractivity contribution in [2.24, 2.45) is 5.41 Å². The molecule has 0 radical (unpaired) electrons. The number of benzene rings is 1. The molecule has 2 rings (SSSR count). The molecule has 6 nitrogen and oxygen atoms in total. The van der Waals surface area contributed by atoms with Crippen LogP contribution in [-0.2, 0) is 19.1 Å². The van der Waals surface area contributed by atoms with Gasteiger partial charge in [0.1, 0.15) is 0 Å². The van der Waals surface area contributed by atoms with Crippen molar-refractivity contribution >= 4 is 23.5 Å². The number of ether oxygens (including phenoxy) is 1. The van der Waals surface area contributed by atoms with Gasteiger partial charge < -0.3 is 15.4 Å². The Labute approximate surface area is 161 Å². The molecule has 1 aromatic carbocycles. The lowest BCUT2D eigenvalue weighted by atomic mass is 9.82. The molecule has 1 aliphatic rings. The largest absolute Gasteiger partial charge is 0.455 e. The van der Waals surface area contributed by atoms with E-state index in [-0.39, 0.29) is 30.4 Å². The highest BCUT2D eigenvalue weighted by molar-refractivity contribution is 5.94. The van der Waals surface area contributed by atoms with Crippen LogP contribution in [0.5, 0.6) is 0 Å². The van der Waals surface area contributed by atoms with Crippen LogP contribution in [0.2, 0.25) is 0 Å². The second-order valence-corrected chi connectivity index (χ2v) is 8.40. The Morgan fingerprint density at radius 3 is 2.30 bits per heavy atom. The van der Waals surface area contributed by atoms with E-state index < -0.39 is 11.4 Å². The van der Waals surface area contributed by atoms with Crippen LogP contribution in [0.3, 0.4) is 0 Å². The summed E-state index contributed by atoms with van der Waals surface area (Å²) in [6.45, 7) is 7.25. The van der Waals surface area contributed by atoms with Crippen LogP contribution < -0.4 is 10.6 Å². The lowest BCUT2D eigenvalue weighted by Gasteiger charge is -2.28. The summed E-state index contributed by atoms with van der Waals surface area (Å²) in [6.07, 6.45) is 3.09. The van der Waals surface area contributed by atoms with E-state index in [0.717, 1.165) is 18.4 Å². The normalized spacial score (nSPS) is 15.9. The number of para-hydroxylation sites is 1. The number of esters is 1. The van der Waals surface area contributed by atoms with E-state index in [1.165, 1.54) is 0 Å². The van der Waals surface area contributed by atoms with E-state index in [4.69, 9.17) is 4.74 Å². The monoisotopic (exact) mass is 374 g/mol. The number of carbonyl (C=O) groups is 3. The number of nitrogens with one attached hydrogen (secondary N) is 2. The highest BCUT2D eigenvalue weighted by atomic mass is 16.5. The van der Waals surface area contributed by atoms with Crippen LogP contribution in [-0.4, -0.2) is 29.9 Å². The van der Waals surface area contributed by atoms with Gasteiger partial charge in [0.15, 0.2) is 6.61 Å². The van der Waals surface area contributed by atoms with E-state index >= 15 is 0 Å². The summed E-state index contributed by atoms with van der Waals surface area (Å²) in [5, 5.41) is 5.65. The number of anilines is 1. The third-order valence-corrected chi connectivity index (χ3v) is 4.76. The average molecular weight is 374 g/mol. The van der Waals surface area contributed by atoms with Crippen molar-refractivity contribution in [2.45, 2.75) is 65.3 Å². The highest BCUT2D eigenvalue weighted by Crippen LogP contribution is 2.42. The van der Waals surface area contributed by atoms with Gasteiger partial charge in [-0.3, -0.25) is 14.4 Å². The van der Waals surface area contributed by atoms with Crippen LogP contribution in [0.1, 0.15) is 58.4 Å². The number of aryl methyl sites for hydroxylation is 1. The Hall–Kier alpha value is -2.37. The van der Waals surface area contributed by atoms with Gasteiger partial charge in [-0.25, -0.2) is 0 Å². The summed E-state index contributed by atoms with van der Waals surface area (Å²) in [5.74, 6) is -1.00. The molecule has 1 aliphatic carbocycles. The van der Waals surface area contributed by atoms with Gasteiger partial charge in [0, 0.05) is 17.6 Å². The highest BCUT2D eigenvalue weighted by Gasteiger charge is 2.44. The van der Waals surface area contributed by atoms with Crippen LogP contribution in [0.15, 0.2) is 24.3 Å². The molecule has 1 fully saturated rings. The maximum absolute atomic E-state index is 12.7. The molecule has 0 aliphatic heterocycles. The Balaban J connectivity index is 1.94. The minimum atomic E-state index is -0.821. The Kier molecular flexibility index (Phi) is 6.63. The maximum atomic E-state index is 12.7. The third-order valence-electron chi connectivity index (χ3n) is 4.76. The molecule has 0 heterocycles. The maximum Gasteiger partial charge on any atom is 0.313 e. The minimum absolute atomic E-state index is 0.0997. The first-order chi connectivity index (χ1) is 12.6. The summed E-state index contributed by atoms with van der Waals surface area (Å²) < 4.78 is 5.30. The smallest absolute Gasteiger partial charge is 0.313 e. The van der Waals surface area contributed by atoms with Crippen molar-refractivity contribution in [1.82, 2.24) is 5.32 Å². The van der Waals surface area contributed by atoms with Crippen molar-refractivity contribution in [2.75, 3.05) is 11.9 Å². The lowest BCUT2D eigenvalue weighted by molar-refractivity contribution is -0.160. The first-order valence-electron chi connectivity index (χ1n) is 9.45. The Morgan fingerprint density at radius 2 is 1.70 bits per heavy atom. The zero-order chi connectivity index (χ0) is 20.1. The summed E-state index contributed by atoms with van der Waals surface area (Å²) >= 11 is 0. The predicted molar refractivity (Wildman–Crippen MR) is 104 cm³/mol. The molecule has 0 saturated heterocycles. The van der Waals surface area contributed by atoms with E-state index in [9.17, 15) is 14.4 Å². The topological polar surface area (TPSA) is 84.5 Å². The van der Waals surface area contributed by atoms with Crippen LogP contribution in [0.25, 0.3) is 0 Å². The van der Waals surface area contributed by atoms with Gasteiger partial charge in [0.05, 0.1) is 5.41 Å². The average Bonchev–Trinajstić information content (AvgIpc) is 3.02. The number of hydrogen-bond acceptors (Lipinski definition) is 4. The van der Waals surface area contributed by atoms with Gasteiger partial charge >= 0.3 is 5.97 Å². The molecule has 0 spiro atoms. The lowest BCUT2D eigenvalue weighted by Crippen LogP contribution is -2.44. The van der Waals surface area contributed by atoms with Gasteiger partial charge in [0.25, 0.3) is 5.91 Å². The predicted octanol–water partition coefficient (Wildman–Crippen LogP) is 3.34. The number of carbonyl (C=O) groups excluding carboxylic acids is 3. The van der Waals surface area contributed by atoms with Crippen molar-refractivity contribution < 1.29 is 19.1 Å². The quantitative estimate of drug-likeness (QED) is 0.748. The number of rotatable bonds is 6. The van der Waals surface area contributed by atoms with E-state index in [1.54, 1.807) is 6.07 Å². The number of amides is 2. The molecule has 0 unspecified atom stereocenters. The molecule has 2 N–H and O–H groups in total. The van der Waals surface area contributed by atoms with Gasteiger partial charge in [-0.2, -0.15) is 0 Å². The van der Waals surface area contributed by atoms with Gasteiger partial charge in [-0.15, -0.1) is 0 Å². The molecule has 0 aromatic heterocycles. The summed E-state index contributed by atoms with van der Waals surface area (Å²) in [5.41, 5.74) is 0.453. The zero-order valence-electron chi connectivity index (χ0n) is 16.7. The summed E-state index contributed by atoms with van der Waals surface area (Å²) in [7, 11) is 0. The molecule has 2 amide bonds. The fraction of sp³-hybridized carbons (Fsp3) is 0.571. The molecule has 27 heavy (non-hydrogen) atoms. The first kappa shape index (κ1) is 20.9. The fourth-order valence-electron chi connectivity index (χ4n) is 3.46. The van der Waals surface area contributed by atoms with Crippen LogP contribution in [0.4, 0.5) is 5.69 Å².